The van der Waals surface area contributed by atoms with Gasteiger partial charge in [-0.1, -0.05) is 24.3 Å². The number of carbonyl (C=O) groups excluding carboxylic acids is 1. The van der Waals surface area contributed by atoms with Crippen LogP contribution in [0.3, 0.4) is 0 Å². The summed E-state index contributed by atoms with van der Waals surface area (Å²) < 4.78 is 13.0. The first-order chi connectivity index (χ1) is 13.7. The van der Waals surface area contributed by atoms with E-state index in [2.05, 4.69) is 17.6 Å². The molecule has 1 aliphatic rings. The third-order valence-electron chi connectivity index (χ3n) is 5.67. The number of amides is 1. The molecule has 2 heterocycles. The van der Waals surface area contributed by atoms with Crippen molar-refractivity contribution in [1.29, 1.82) is 0 Å². The normalized spacial score (nSPS) is 16.5. The second-order valence-electron chi connectivity index (χ2n) is 7.12. The molecular weight excluding hydrogens is 352 g/mol. The Morgan fingerprint density at radius 1 is 1.11 bits per heavy atom. The number of methoxy groups -OCH3 is 2. The summed E-state index contributed by atoms with van der Waals surface area (Å²) >= 11 is 0. The van der Waals surface area contributed by atoms with Crippen LogP contribution in [0.4, 0.5) is 0 Å². The molecule has 0 spiro atoms. The summed E-state index contributed by atoms with van der Waals surface area (Å²) in [6, 6.07) is 14.1. The van der Waals surface area contributed by atoms with Gasteiger partial charge >= 0.3 is 0 Å². The number of rotatable bonds is 5. The number of aromatic nitrogens is 1. The lowest BCUT2D eigenvalue weighted by Crippen LogP contribution is -2.30. The highest BCUT2D eigenvalue weighted by molar-refractivity contribution is 6.07. The Hall–Kier alpha value is -2.95. The highest BCUT2D eigenvalue weighted by atomic mass is 16.5. The van der Waals surface area contributed by atoms with Crippen molar-refractivity contribution >= 4 is 16.8 Å². The molecule has 28 heavy (non-hydrogen) atoms. The van der Waals surface area contributed by atoms with Crippen molar-refractivity contribution in [2.75, 3.05) is 20.8 Å². The molecule has 1 atom stereocenters. The predicted octanol–water partition coefficient (Wildman–Crippen LogP) is 4.66. The molecule has 2 aromatic carbocycles. The van der Waals surface area contributed by atoms with E-state index < -0.39 is 0 Å². The summed E-state index contributed by atoms with van der Waals surface area (Å²) in [7, 11) is 3.27. The first kappa shape index (κ1) is 18.4. The van der Waals surface area contributed by atoms with Crippen LogP contribution in [0, 0.1) is 0 Å². The maximum absolute atomic E-state index is 13.5. The van der Waals surface area contributed by atoms with Crippen molar-refractivity contribution < 1.29 is 14.3 Å². The first-order valence-corrected chi connectivity index (χ1v) is 9.78. The molecule has 1 saturated heterocycles. The maximum atomic E-state index is 13.5. The van der Waals surface area contributed by atoms with Gasteiger partial charge in [-0.2, -0.15) is 0 Å². The van der Waals surface area contributed by atoms with E-state index in [4.69, 9.17) is 9.47 Å². The lowest BCUT2D eigenvalue weighted by Gasteiger charge is -2.25. The minimum Gasteiger partial charge on any atom is -0.493 e. The van der Waals surface area contributed by atoms with Gasteiger partial charge in [-0.3, -0.25) is 4.79 Å². The van der Waals surface area contributed by atoms with E-state index in [-0.39, 0.29) is 11.9 Å². The number of carbonyl (C=O) groups is 1. The molecule has 5 heteroatoms. The molecule has 1 aliphatic heterocycles. The lowest BCUT2D eigenvalue weighted by molar-refractivity contribution is 0.0737. The summed E-state index contributed by atoms with van der Waals surface area (Å²) in [5.41, 5.74) is 2.97. The minimum atomic E-state index is 0.0519. The fourth-order valence-corrected chi connectivity index (χ4v) is 4.25. The van der Waals surface area contributed by atoms with Crippen LogP contribution in [0.25, 0.3) is 10.9 Å². The zero-order valence-corrected chi connectivity index (χ0v) is 16.6. The standard InChI is InChI=1S/C23H26N2O3/c1-4-24-15-18(17-8-5-6-9-20(17)24)23(26)25-13-7-10-19(25)16-11-12-21(27-2)22(14-16)28-3/h5-6,8-9,11-12,14-15,19H,4,7,10,13H2,1-3H3/t19-/m0/s1. The second-order valence-corrected chi connectivity index (χ2v) is 7.12. The van der Waals surface area contributed by atoms with Gasteiger partial charge in [0.2, 0.25) is 0 Å². The van der Waals surface area contributed by atoms with Crippen LogP contribution >= 0.6 is 0 Å². The molecule has 0 unspecified atom stereocenters. The zero-order chi connectivity index (χ0) is 19.7. The topological polar surface area (TPSA) is 43.7 Å². The molecule has 0 N–H and O–H groups in total. The van der Waals surface area contributed by atoms with Crippen molar-refractivity contribution in [3.63, 3.8) is 0 Å². The molecule has 0 radical (unpaired) electrons. The summed E-state index contributed by atoms with van der Waals surface area (Å²) in [6.45, 7) is 3.71. The Kier molecular flexibility index (Phi) is 4.99. The van der Waals surface area contributed by atoms with Gasteiger partial charge in [0.1, 0.15) is 0 Å². The molecule has 3 aromatic rings. The molecule has 0 aliphatic carbocycles. The van der Waals surface area contributed by atoms with Crippen molar-refractivity contribution in [2.45, 2.75) is 32.4 Å². The average Bonchev–Trinajstić information content (AvgIpc) is 3.37. The number of likely N-dealkylation sites (tertiary alicyclic amines) is 1. The summed E-state index contributed by atoms with van der Waals surface area (Å²) in [5.74, 6) is 1.50. The Bertz CT molecular complexity index is 1010. The summed E-state index contributed by atoms with van der Waals surface area (Å²) in [6.07, 6.45) is 3.95. The van der Waals surface area contributed by atoms with Gasteiger partial charge in [0, 0.05) is 30.2 Å². The molecule has 1 fully saturated rings. The van der Waals surface area contributed by atoms with E-state index in [0.717, 1.165) is 48.0 Å². The lowest BCUT2D eigenvalue weighted by atomic mass is 10.0. The first-order valence-electron chi connectivity index (χ1n) is 9.78. The van der Waals surface area contributed by atoms with Crippen LogP contribution in [0.5, 0.6) is 11.5 Å². The Balaban J connectivity index is 1.70. The zero-order valence-electron chi connectivity index (χ0n) is 16.6. The van der Waals surface area contributed by atoms with E-state index in [1.807, 2.05) is 47.5 Å². The number of hydrogen-bond donors (Lipinski definition) is 0. The van der Waals surface area contributed by atoms with Crippen molar-refractivity contribution in [3.05, 3.63) is 59.8 Å². The molecule has 4 rings (SSSR count). The molecule has 1 aromatic heterocycles. The third kappa shape index (κ3) is 3.01. The fourth-order valence-electron chi connectivity index (χ4n) is 4.25. The smallest absolute Gasteiger partial charge is 0.256 e. The molecular formula is C23H26N2O3. The number of nitrogens with zero attached hydrogens (tertiary/aromatic N) is 2. The van der Waals surface area contributed by atoms with Gasteiger partial charge in [-0.15, -0.1) is 0 Å². The number of fused-ring (bicyclic) bond motifs is 1. The number of ether oxygens (including phenoxy) is 2. The molecule has 0 saturated carbocycles. The van der Waals surface area contributed by atoms with Gasteiger partial charge in [-0.05, 0) is 43.5 Å². The van der Waals surface area contributed by atoms with Crippen LogP contribution in [-0.2, 0) is 6.54 Å². The number of hydrogen-bond acceptors (Lipinski definition) is 3. The quantitative estimate of drug-likeness (QED) is 0.649. The van der Waals surface area contributed by atoms with Gasteiger partial charge in [-0.25, -0.2) is 0 Å². The Morgan fingerprint density at radius 2 is 1.89 bits per heavy atom. The average molecular weight is 378 g/mol. The fraction of sp³-hybridized carbons (Fsp3) is 0.348. The number of benzene rings is 2. The van der Waals surface area contributed by atoms with Gasteiger partial charge in [0.15, 0.2) is 11.5 Å². The van der Waals surface area contributed by atoms with Crippen LogP contribution in [0.1, 0.15) is 41.7 Å². The summed E-state index contributed by atoms with van der Waals surface area (Å²) in [4.78, 5) is 15.5. The number of aryl methyl sites for hydroxylation is 1. The Morgan fingerprint density at radius 3 is 2.64 bits per heavy atom. The van der Waals surface area contributed by atoms with Crippen LogP contribution in [0.15, 0.2) is 48.7 Å². The van der Waals surface area contributed by atoms with Gasteiger partial charge in [0.05, 0.1) is 25.8 Å². The molecule has 146 valence electrons. The summed E-state index contributed by atoms with van der Waals surface area (Å²) in [5, 5.41) is 1.02. The van der Waals surface area contributed by atoms with Crippen LogP contribution in [0.2, 0.25) is 0 Å². The van der Waals surface area contributed by atoms with Crippen molar-refractivity contribution in [3.8, 4) is 11.5 Å². The largest absolute Gasteiger partial charge is 0.493 e. The monoisotopic (exact) mass is 378 g/mol. The van der Waals surface area contributed by atoms with Crippen LogP contribution < -0.4 is 9.47 Å². The molecule has 1 amide bonds. The van der Waals surface area contributed by atoms with Crippen LogP contribution in [-0.4, -0.2) is 36.1 Å². The highest BCUT2D eigenvalue weighted by Crippen LogP contribution is 2.38. The van der Waals surface area contributed by atoms with E-state index in [1.54, 1.807) is 14.2 Å². The highest BCUT2D eigenvalue weighted by Gasteiger charge is 2.32. The third-order valence-corrected chi connectivity index (χ3v) is 5.67. The van der Waals surface area contributed by atoms with Gasteiger partial charge in [0.25, 0.3) is 5.91 Å². The van der Waals surface area contributed by atoms with E-state index >= 15 is 0 Å². The van der Waals surface area contributed by atoms with Crippen molar-refractivity contribution in [2.24, 2.45) is 0 Å². The van der Waals surface area contributed by atoms with E-state index in [9.17, 15) is 4.79 Å². The molecule has 5 nitrogen and oxygen atoms in total. The van der Waals surface area contributed by atoms with E-state index in [0.29, 0.717) is 11.5 Å². The maximum Gasteiger partial charge on any atom is 0.256 e. The number of para-hydroxylation sites is 1. The van der Waals surface area contributed by atoms with E-state index in [1.165, 1.54) is 0 Å². The predicted molar refractivity (Wildman–Crippen MR) is 110 cm³/mol. The SMILES string of the molecule is CCn1cc(C(=O)N2CCC[C@H]2c2ccc(OC)c(OC)c2)c2ccccc21. The minimum absolute atomic E-state index is 0.0519. The second kappa shape index (κ2) is 7.58. The van der Waals surface area contributed by atoms with Gasteiger partial charge < -0.3 is 18.9 Å². The molecule has 0 bridgehead atoms. The van der Waals surface area contributed by atoms with Crippen molar-refractivity contribution in [1.82, 2.24) is 9.47 Å². The Labute approximate surface area is 165 Å².